The van der Waals surface area contributed by atoms with Crippen LogP contribution < -0.4 is 10.1 Å². The molecular formula is C19H20N4O4. The highest BCUT2D eigenvalue weighted by Crippen LogP contribution is 2.24. The lowest BCUT2D eigenvalue weighted by Gasteiger charge is -2.07. The zero-order valence-electron chi connectivity index (χ0n) is 15.1. The third-order valence-corrected chi connectivity index (χ3v) is 3.85. The molecule has 3 rings (SSSR count). The maximum absolute atomic E-state index is 11.9. The second-order valence-electron chi connectivity index (χ2n) is 5.70. The van der Waals surface area contributed by atoms with Crippen molar-refractivity contribution in [1.82, 2.24) is 20.4 Å². The number of nitrogens with one attached hydrogen (secondary N) is 1. The number of rotatable bonds is 8. The second kappa shape index (κ2) is 8.91. The molecule has 0 radical (unpaired) electrons. The van der Waals surface area contributed by atoms with E-state index in [0.717, 1.165) is 5.56 Å². The summed E-state index contributed by atoms with van der Waals surface area (Å²) >= 11 is 0. The van der Waals surface area contributed by atoms with E-state index in [-0.39, 0.29) is 12.5 Å². The van der Waals surface area contributed by atoms with Gasteiger partial charge in [0.25, 0.3) is 5.91 Å². The monoisotopic (exact) mass is 368 g/mol. The molecule has 3 aromatic heterocycles. The Balaban J connectivity index is 1.64. The minimum absolute atomic E-state index is 0.210. The van der Waals surface area contributed by atoms with E-state index in [4.69, 9.17) is 14.0 Å². The number of pyridine rings is 2. The number of carbonyl (C=O) groups excluding carboxylic acids is 1. The van der Waals surface area contributed by atoms with Gasteiger partial charge in [0.05, 0.1) is 23.4 Å². The lowest BCUT2D eigenvalue weighted by atomic mass is 10.1. The Bertz CT molecular complexity index is 878. The predicted molar refractivity (Wildman–Crippen MR) is 97.2 cm³/mol. The molecule has 3 heterocycles. The summed E-state index contributed by atoms with van der Waals surface area (Å²) in [6.45, 7) is 2.94. The summed E-state index contributed by atoms with van der Waals surface area (Å²) in [5.41, 5.74) is 2.61. The Morgan fingerprint density at radius 3 is 2.81 bits per heavy atom. The van der Waals surface area contributed by atoms with Crippen molar-refractivity contribution in [3.05, 3.63) is 59.6 Å². The highest BCUT2D eigenvalue weighted by molar-refractivity contribution is 5.93. The number of nitrogens with zero attached hydrogens (tertiary/aromatic N) is 3. The van der Waals surface area contributed by atoms with Crippen LogP contribution >= 0.6 is 0 Å². The molecule has 0 aliphatic heterocycles. The summed E-state index contributed by atoms with van der Waals surface area (Å²) in [6, 6.07) is 8.88. The average molecular weight is 368 g/mol. The van der Waals surface area contributed by atoms with Crippen molar-refractivity contribution >= 4 is 5.91 Å². The molecule has 8 heteroatoms. The highest BCUT2D eigenvalue weighted by atomic mass is 16.5. The van der Waals surface area contributed by atoms with E-state index in [1.165, 1.54) is 6.20 Å². The quantitative estimate of drug-likeness (QED) is 0.609. The fourth-order valence-electron chi connectivity index (χ4n) is 2.38. The van der Waals surface area contributed by atoms with Crippen LogP contribution in [0.5, 0.6) is 5.88 Å². The molecule has 0 aromatic carbocycles. The van der Waals surface area contributed by atoms with Gasteiger partial charge in [-0.25, -0.2) is 4.98 Å². The number of hydrogen-bond acceptors (Lipinski definition) is 7. The summed E-state index contributed by atoms with van der Waals surface area (Å²) in [4.78, 5) is 20.4. The minimum Gasteiger partial charge on any atom is -0.473 e. The van der Waals surface area contributed by atoms with Crippen LogP contribution in [0.4, 0.5) is 0 Å². The first-order valence-corrected chi connectivity index (χ1v) is 8.41. The molecule has 0 saturated heterocycles. The summed E-state index contributed by atoms with van der Waals surface area (Å²) in [5, 5.41) is 6.80. The molecule has 0 spiro atoms. The van der Waals surface area contributed by atoms with Gasteiger partial charge in [-0.15, -0.1) is 0 Å². The van der Waals surface area contributed by atoms with Gasteiger partial charge in [0.15, 0.2) is 0 Å². The first-order valence-electron chi connectivity index (χ1n) is 8.41. The smallest absolute Gasteiger partial charge is 0.252 e. The normalized spacial score (nSPS) is 10.6. The molecule has 8 nitrogen and oxygen atoms in total. The molecule has 1 amide bonds. The van der Waals surface area contributed by atoms with Crippen molar-refractivity contribution in [1.29, 1.82) is 0 Å². The topological polar surface area (TPSA) is 99.4 Å². The van der Waals surface area contributed by atoms with E-state index in [1.54, 1.807) is 25.4 Å². The summed E-state index contributed by atoms with van der Waals surface area (Å²) in [6.07, 6.45) is 3.17. The van der Waals surface area contributed by atoms with E-state index in [0.29, 0.717) is 41.7 Å². The number of ether oxygens (including phenoxy) is 2. The molecule has 0 aliphatic carbocycles. The minimum atomic E-state index is -0.210. The molecule has 0 atom stereocenters. The van der Waals surface area contributed by atoms with Crippen LogP contribution in [0.3, 0.4) is 0 Å². The van der Waals surface area contributed by atoms with Crippen molar-refractivity contribution in [2.75, 3.05) is 20.3 Å². The highest BCUT2D eigenvalue weighted by Gasteiger charge is 2.16. The van der Waals surface area contributed by atoms with Crippen molar-refractivity contribution in [3.8, 4) is 17.3 Å². The zero-order valence-corrected chi connectivity index (χ0v) is 15.1. The molecule has 0 bridgehead atoms. The van der Waals surface area contributed by atoms with Gasteiger partial charge in [-0.3, -0.25) is 9.78 Å². The number of amides is 1. The van der Waals surface area contributed by atoms with Gasteiger partial charge >= 0.3 is 0 Å². The van der Waals surface area contributed by atoms with Crippen molar-refractivity contribution < 1.29 is 18.8 Å². The fourth-order valence-corrected chi connectivity index (χ4v) is 2.38. The van der Waals surface area contributed by atoms with Crippen LogP contribution in [-0.2, 0) is 11.3 Å². The summed E-state index contributed by atoms with van der Waals surface area (Å²) < 4.78 is 15.9. The van der Waals surface area contributed by atoms with Crippen LogP contribution in [0.25, 0.3) is 11.4 Å². The second-order valence-corrected chi connectivity index (χ2v) is 5.70. The van der Waals surface area contributed by atoms with Crippen LogP contribution in [0, 0.1) is 6.92 Å². The Labute approximate surface area is 156 Å². The van der Waals surface area contributed by atoms with Gasteiger partial charge in [-0.05, 0) is 25.1 Å². The summed E-state index contributed by atoms with van der Waals surface area (Å²) in [5.74, 6) is 0.847. The molecular weight excluding hydrogens is 348 g/mol. The number of aromatic nitrogens is 3. The van der Waals surface area contributed by atoms with Gasteiger partial charge < -0.3 is 19.3 Å². The molecule has 0 unspecified atom stereocenters. The van der Waals surface area contributed by atoms with Crippen LogP contribution in [-0.4, -0.2) is 41.3 Å². The maximum atomic E-state index is 11.9. The van der Waals surface area contributed by atoms with Gasteiger partial charge in [0, 0.05) is 32.1 Å². The number of hydrogen-bond donors (Lipinski definition) is 1. The van der Waals surface area contributed by atoms with Crippen molar-refractivity contribution in [3.63, 3.8) is 0 Å². The maximum Gasteiger partial charge on any atom is 0.252 e. The van der Waals surface area contributed by atoms with Crippen LogP contribution in [0.15, 0.2) is 47.2 Å². The van der Waals surface area contributed by atoms with Crippen molar-refractivity contribution in [2.24, 2.45) is 0 Å². The van der Waals surface area contributed by atoms with Crippen LogP contribution in [0.1, 0.15) is 21.7 Å². The van der Waals surface area contributed by atoms with Gasteiger partial charge in [0.1, 0.15) is 18.1 Å². The van der Waals surface area contributed by atoms with Crippen molar-refractivity contribution in [2.45, 2.75) is 13.5 Å². The SMILES string of the molecule is COCCNC(=O)c1ccc(OCc2c(-c3ccccn3)noc2C)nc1. The van der Waals surface area contributed by atoms with E-state index >= 15 is 0 Å². The molecule has 3 aromatic rings. The lowest BCUT2D eigenvalue weighted by molar-refractivity contribution is 0.0936. The molecule has 0 aliphatic rings. The molecule has 1 N–H and O–H groups in total. The summed E-state index contributed by atoms with van der Waals surface area (Å²) in [7, 11) is 1.58. The van der Waals surface area contributed by atoms with Gasteiger partial charge in [-0.2, -0.15) is 0 Å². The Hall–Kier alpha value is -3.26. The van der Waals surface area contributed by atoms with E-state index < -0.39 is 0 Å². The number of methoxy groups -OCH3 is 1. The Kier molecular flexibility index (Phi) is 6.11. The largest absolute Gasteiger partial charge is 0.473 e. The zero-order chi connectivity index (χ0) is 19.1. The number of carbonyl (C=O) groups is 1. The molecule has 27 heavy (non-hydrogen) atoms. The average Bonchev–Trinajstić information content (AvgIpc) is 3.08. The van der Waals surface area contributed by atoms with E-state index in [9.17, 15) is 4.79 Å². The third-order valence-electron chi connectivity index (χ3n) is 3.85. The first-order chi connectivity index (χ1) is 13.2. The molecule has 0 saturated carbocycles. The number of aryl methyl sites for hydroxylation is 1. The van der Waals surface area contributed by atoms with E-state index in [1.807, 2.05) is 25.1 Å². The van der Waals surface area contributed by atoms with E-state index in [2.05, 4.69) is 20.4 Å². The molecule has 140 valence electrons. The predicted octanol–water partition coefficient (Wildman–Crippen LogP) is 2.40. The molecule has 0 fully saturated rings. The fraction of sp³-hybridized carbons (Fsp3) is 0.263. The lowest BCUT2D eigenvalue weighted by Crippen LogP contribution is -2.26. The third kappa shape index (κ3) is 4.68. The standard InChI is InChI=1S/C19H20N4O4/c1-13-15(18(23-27-13)16-5-3-4-8-20-16)12-26-17-7-6-14(11-22-17)19(24)21-9-10-25-2/h3-8,11H,9-10,12H2,1-2H3,(H,21,24). The van der Waals surface area contributed by atoms with Gasteiger partial charge in [-0.1, -0.05) is 11.2 Å². The van der Waals surface area contributed by atoms with Crippen LogP contribution in [0.2, 0.25) is 0 Å². The Morgan fingerprint density at radius 1 is 1.22 bits per heavy atom. The first kappa shape index (κ1) is 18.5. The van der Waals surface area contributed by atoms with Gasteiger partial charge in [0.2, 0.25) is 5.88 Å². The Morgan fingerprint density at radius 2 is 2.11 bits per heavy atom.